The Kier molecular flexibility index (Phi) is 1.90. The average Bonchev–Trinajstić information content (AvgIpc) is 2.48. The minimum absolute atomic E-state index is 0.0128. The van der Waals surface area contributed by atoms with Crippen LogP contribution in [-0.4, -0.2) is 25.8 Å². The number of carbonyl (C=O) groups is 1. The van der Waals surface area contributed by atoms with Gasteiger partial charge in [-0.3, -0.25) is 9.48 Å². The van der Waals surface area contributed by atoms with Crippen molar-refractivity contribution in [3.8, 4) is 0 Å². The van der Waals surface area contributed by atoms with Crippen LogP contribution in [0.5, 0.6) is 0 Å². The standard InChI is InChI=1S/C10H15N3O2/c1-5-11-8(13(4)12-5)6-7(9(14)15)10(6,2)3/h6-7H,1-4H3,(H,14,15). The maximum atomic E-state index is 11.0. The van der Waals surface area contributed by atoms with Crippen LogP contribution in [0.25, 0.3) is 0 Å². The lowest BCUT2D eigenvalue weighted by Gasteiger charge is -2.00. The Morgan fingerprint density at radius 1 is 1.53 bits per heavy atom. The topological polar surface area (TPSA) is 68.0 Å². The molecule has 1 aliphatic rings. The molecule has 0 amide bonds. The Balaban J connectivity index is 2.35. The van der Waals surface area contributed by atoms with Crippen LogP contribution in [0.3, 0.4) is 0 Å². The van der Waals surface area contributed by atoms with Gasteiger partial charge in [-0.15, -0.1) is 0 Å². The van der Waals surface area contributed by atoms with Crippen molar-refractivity contribution in [1.82, 2.24) is 14.8 Å². The first-order valence-corrected chi connectivity index (χ1v) is 4.96. The lowest BCUT2D eigenvalue weighted by molar-refractivity contribution is -0.139. The quantitative estimate of drug-likeness (QED) is 0.787. The number of aromatic nitrogens is 3. The molecule has 15 heavy (non-hydrogen) atoms. The van der Waals surface area contributed by atoms with Gasteiger partial charge in [0.05, 0.1) is 5.92 Å². The van der Waals surface area contributed by atoms with Crippen molar-refractivity contribution in [3.05, 3.63) is 11.6 Å². The molecule has 1 aliphatic carbocycles. The fourth-order valence-electron chi connectivity index (χ4n) is 2.38. The van der Waals surface area contributed by atoms with Crippen molar-refractivity contribution in [2.75, 3.05) is 0 Å². The van der Waals surface area contributed by atoms with E-state index < -0.39 is 5.97 Å². The molecule has 2 atom stereocenters. The highest BCUT2D eigenvalue weighted by Crippen LogP contribution is 2.63. The van der Waals surface area contributed by atoms with E-state index in [4.69, 9.17) is 5.11 Å². The second-order valence-electron chi connectivity index (χ2n) is 4.76. The monoisotopic (exact) mass is 209 g/mol. The van der Waals surface area contributed by atoms with Crippen molar-refractivity contribution in [3.63, 3.8) is 0 Å². The van der Waals surface area contributed by atoms with Gasteiger partial charge in [-0.05, 0) is 12.3 Å². The van der Waals surface area contributed by atoms with Crippen molar-refractivity contribution in [2.45, 2.75) is 26.7 Å². The number of hydrogen-bond donors (Lipinski definition) is 1. The summed E-state index contributed by atoms with van der Waals surface area (Å²) in [6.45, 7) is 5.73. The summed E-state index contributed by atoms with van der Waals surface area (Å²) in [7, 11) is 1.81. The van der Waals surface area contributed by atoms with Gasteiger partial charge in [-0.25, -0.2) is 4.98 Å². The van der Waals surface area contributed by atoms with E-state index in [1.165, 1.54) is 0 Å². The van der Waals surface area contributed by atoms with E-state index in [-0.39, 0.29) is 17.3 Å². The second-order valence-corrected chi connectivity index (χ2v) is 4.76. The summed E-state index contributed by atoms with van der Waals surface area (Å²) < 4.78 is 1.69. The first kappa shape index (κ1) is 10.1. The zero-order chi connectivity index (χ0) is 11.4. The highest BCUT2D eigenvalue weighted by molar-refractivity contribution is 5.77. The Morgan fingerprint density at radius 3 is 2.47 bits per heavy atom. The molecule has 2 unspecified atom stereocenters. The minimum Gasteiger partial charge on any atom is -0.481 e. The molecule has 5 nitrogen and oxygen atoms in total. The van der Waals surface area contributed by atoms with Crippen molar-refractivity contribution < 1.29 is 9.90 Å². The molecule has 1 N–H and O–H groups in total. The molecule has 1 aromatic rings. The Bertz CT molecular complexity index is 422. The molecule has 0 aliphatic heterocycles. The molecule has 1 fully saturated rings. The maximum Gasteiger partial charge on any atom is 0.307 e. The van der Waals surface area contributed by atoms with Crippen LogP contribution < -0.4 is 0 Å². The molecule has 5 heteroatoms. The highest BCUT2D eigenvalue weighted by Gasteiger charge is 2.64. The van der Waals surface area contributed by atoms with Gasteiger partial charge in [-0.2, -0.15) is 5.10 Å². The summed E-state index contributed by atoms with van der Waals surface area (Å²) in [5.74, 6) is 0.385. The summed E-state index contributed by atoms with van der Waals surface area (Å²) in [5.41, 5.74) is -0.209. The number of carboxylic acid groups (broad SMARTS) is 1. The normalized spacial score (nSPS) is 27.7. The predicted octanol–water partition coefficient (Wildman–Crippen LogP) is 0.948. The zero-order valence-corrected chi connectivity index (χ0v) is 9.35. The minimum atomic E-state index is -0.745. The molecule has 0 aromatic carbocycles. The van der Waals surface area contributed by atoms with Gasteiger partial charge in [0.15, 0.2) is 0 Å². The van der Waals surface area contributed by atoms with E-state index in [9.17, 15) is 4.79 Å². The van der Waals surface area contributed by atoms with Gasteiger partial charge in [0.2, 0.25) is 0 Å². The van der Waals surface area contributed by atoms with E-state index in [0.29, 0.717) is 5.82 Å². The Labute approximate surface area is 88.1 Å². The van der Waals surface area contributed by atoms with Gasteiger partial charge in [-0.1, -0.05) is 13.8 Å². The van der Waals surface area contributed by atoms with Gasteiger partial charge >= 0.3 is 5.97 Å². The summed E-state index contributed by atoms with van der Waals surface area (Å²) >= 11 is 0. The van der Waals surface area contributed by atoms with Crippen LogP contribution in [0.1, 0.15) is 31.4 Å². The third-order valence-corrected chi connectivity index (χ3v) is 3.27. The third kappa shape index (κ3) is 1.33. The van der Waals surface area contributed by atoms with Crippen LogP contribution in [-0.2, 0) is 11.8 Å². The number of carboxylic acids is 1. The zero-order valence-electron chi connectivity index (χ0n) is 9.35. The lowest BCUT2D eigenvalue weighted by Crippen LogP contribution is -2.04. The van der Waals surface area contributed by atoms with E-state index in [1.54, 1.807) is 4.68 Å². The van der Waals surface area contributed by atoms with Crippen molar-refractivity contribution >= 4 is 5.97 Å². The Hall–Kier alpha value is -1.39. The molecule has 0 bridgehead atoms. The molecule has 0 radical (unpaired) electrons. The molecular weight excluding hydrogens is 194 g/mol. The molecule has 1 saturated carbocycles. The van der Waals surface area contributed by atoms with Crippen LogP contribution in [0, 0.1) is 18.3 Å². The van der Waals surface area contributed by atoms with Crippen molar-refractivity contribution in [2.24, 2.45) is 18.4 Å². The third-order valence-electron chi connectivity index (χ3n) is 3.27. The van der Waals surface area contributed by atoms with Gasteiger partial charge in [0.25, 0.3) is 0 Å². The fourth-order valence-corrected chi connectivity index (χ4v) is 2.38. The molecular formula is C10H15N3O2. The van der Waals surface area contributed by atoms with E-state index in [0.717, 1.165) is 5.82 Å². The average molecular weight is 209 g/mol. The lowest BCUT2D eigenvalue weighted by atomic mass is 10.1. The predicted molar refractivity (Wildman–Crippen MR) is 53.4 cm³/mol. The molecule has 1 aromatic heterocycles. The largest absolute Gasteiger partial charge is 0.481 e. The summed E-state index contributed by atoms with van der Waals surface area (Å²) in [6.07, 6.45) is 0. The second kappa shape index (κ2) is 2.81. The number of aliphatic carboxylic acids is 1. The van der Waals surface area contributed by atoms with Gasteiger partial charge in [0, 0.05) is 13.0 Å². The molecule has 2 rings (SSSR count). The first-order chi connectivity index (χ1) is 6.85. The number of rotatable bonds is 2. The number of hydrogen-bond acceptors (Lipinski definition) is 3. The first-order valence-electron chi connectivity index (χ1n) is 4.96. The number of nitrogens with zero attached hydrogens (tertiary/aromatic N) is 3. The summed E-state index contributed by atoms with van der Waals surface area (Å²) in [4.78, 5) is 15.3. The molecule has 82 valence electrons. The van der Waals surface area contributed by atoms with Crippen LogP contribution in [0.2, 0.25) is 0 Å². The van der Waals surface area contributed by atoms with Gasteiger partial charge < -0.3 is 5.11 Å². The van der Waals surface area contributed by atoms with Crippen LogP contribution in [0.15, 0.2) is 0 Å². The summed E-state index contributed by atoms with van der Waals surface area (Å²) in [5, 5.41) is 13.2. The maximum absolute atomic E-state index is 11.0. The van der Waals surface area contributed by atoms with E-state index in [2.05, 4.69) is 10.1 Å². The summed E-state index contributed by atoms with van der Waals surface area (Å²) in [6, 6.07) is 0. The van der Waals surface area contributed by atoms with Crippen molar-refractivity contribution in [1.29, 1.82) is 0 Å². The Morgan fingerprint density at radius 2 is 2.13 bits per heavy atom. The van der Waals surface area contributed by atoms with Crippen LogP contribution in [0.4, 0.5) is 0 Å². The highest BCUT2D eigenvalue weighted by atomic mass is 16.4. The smallest absolute Gasteiger partial charge is 0.307 e. The van der Waals surface area contributed by atoms with E-state index >= 15 is 0 Å². The fraction of sp³-hybridized carbons (Fsp3) is 0.700. The van der Waals surface area contributed by atoms with E-state index in [1.807, 2.05) is 27.8 Å². The molecule has 0 spiro atoms. The van der Waals surface area contributed by atoms with Gasteiger partial charge in [0.1, 0.15) is 11.6 Å². The van der Waals surface area contributed by atoms with Crippen LogP contribution >= 0.6 is 0 Å². The molecule has 0 saturated heterocycles. The number of aryl methyl sites for hydroxylation is 2. The SMILES string of the molecule is Cc1nc(C2C(C(=O)O)C2(C)C)n(C)n1. The molecule has 1 heterocycles.